The van der Waals surface area contributed by atoms with Gasteiger partial charge in [-0.05, 0) is 36.2 Å². The first-order valence-electron chi connectivity index (χ1n) is 5.13. The normalized spacial score (nSPS) is 11.3. The topological polar surface area (TPSA) is 13.1 Å². The predicted octanol–water partition coefficient (Wildman–Crippen LogP) is 4.20. The van der Waals surface area contributed by atoms with E-state index in [4.69, 9.17) is 4.42 Å². The van der Waals surface area contributed by atoms with Gasteiger partial charge in [-0.25, -0.2) is 0 Å². The van der Waals surface area contributed by atoms with Crippen LogP contribution in [-0.4, -0.2) is 0 Å². The predicted molar refractivity (Wildman–Crippen MR) is 63.2 cm³/mol. The summed E-state index contributed by atoms with van der Waals surface area (Å²) in [6, 6.07) is 10.7. The lowest BCUT2D eigenvalue weighted by atomic mass is 10.0. The molecular weight excluding hydrogens is 184 g/mol. The monoisotopic (exact) mass is 196 g/mol. The van der Waals surface area contributed by atoms with E-state index in [0.29, 0.717) is 0 Å². The van der Waals surface area contributed by atoms with Crippen molar-refractivity contribution in [3.05, 3.63) is 47.7 Å². The van der Waals surface area contributed by atoms with Gasteiger partial charge in [-0.3, -0.25) is 0 Å². The molecule has 0 unspecified atom stereocenters. The Balaban J connectivity index is 2.58. The third kappa shape index (κ3) is 1.16. The molecule has 0 bridgehead atoms. The van der Waals surface area contributed by atoms with E-state index in [9.17, 15) is 0 Å². The molecule has 0 saturated heterocycles. The molecule has 1 aromatic heterocycles. The molecule has 74 valence electrons. The molecule has 15 heavy (non-hydrogen) atoms. The second-order valence-electron chi connectivity index (χ2n) is 4.08. The van der Waals surface area contributed by atoms with Crippen molar-refractivity contribution in [2.45, 2.75) is 13.8 Å². The Morgan fingerprint density at radius 1 is 1.00 bits per heavy atom. The number of hydrogen-bond donors (Lipinski definition) is 0. The van der Waals surface area contributed by atoms with E-state index >= 15 is 0 Å². The van der Waals surface area contributed by atoms with Crippen LogP contribution in [-0.2, 0) is 0 Å². The molecule has 3 aromatic rings. The fraction of sp³-hybridized carbons (Fsp3) is 0.143. The number of hydrogen-bond acceptors (Lipinski definition) is 1. The summed E-state index contributed by atoms with van der Waals surface area (Å²) in [5.74, 6) is 0. The SMILES string of the molecule is Cc1ccc2c(ccc3occ(C)c32)c1. The Morgan fingerprint density at radius 2 is 1.87 bits per heavy atom. The van der Waals surface area contributed by atoms with Crippen molar-refractivity contribution in [2.24, 2.45) is 0 Å². The number of rotatable bonds is 0. The number of benzene rings is 2. The summed E-state index contributed by atoms with van der Waals surface area (Å²) in [7, 11) is 0. The summed E-state index contributed by atoms with van der Waals surface area (Å²) in [5, 5.41) is 3.81. The van der Waals surface area contributed by atoms with Crippen LogP contribution in [0.4, 0.5) is 0 Å². The Morgan fingerprint density at radius 3 is 2.73 bits per heavy atom. The molecule has 3 rings (SSSR count). The minimum absolute atomic E-state index is 0.976. The molecule has 0 spiro atoms. The van der Waals surface area contributed by atoms with E-state index in [-0.39, 0.29) is 0 Å². The van der Waals surface area contributed by atoms with Gasteiger partial charge in [0.2, 0.25) is 0 Å². The van der Waals surface area contributed by atoms with Gasteiger partial charge < -0.3 is 4.42 Å². The van der Waals surface area contributed by atoms with E-state index in [1.165, 1.54) is 27.3 Å². The molecule has 0 aliphatic carbocycles. The van der Waals surface area contributed by atoms with Gasteiger partial charge in [0.25, 0.3) is 0 Å². The van der Waals surface area contributed by atoms with Gasteiger partial charge in [-0.15, -0.1) is 0 Å². The van der Waals surface area contributed by atoms with Gasteiger partial charge >= 0.3 is 0 Å². The summed E-state index contributed by atoms with van der Waals surface area (Å²) in [5.41, 5.74) is 3.48. The van der Waals surface area contributed by atoms with E-state index in [0.717, 1.165) is 5.58 Å². The Bertz CT molecular complexity index is 647. The highest BCUT2D eigenvalue weighted by Crippen LogP contribution is 2.29. The summed E-state index contributed by atoms with van der Waals surface area (Å²) in [6.45, 7) is 4.21. The largest absolute Gasteiger partial charge is 0.464 e. The molecule has 1 heteroatoms. The number of furan rings is 1. The Kier molecular flexibility index (Phi) is 1.63. The van der Waals surface area contributed by atoms with Gasteiger partial charge in [-0.1, -0.05) is 29.8 Å². The van der Waals surface area contributed by atoms with Crippen molar-refractivity contribution >= 4 is 21.7 Å². The van der Waals surface area contributed by atoms with Crippen LogP contribution in [0.1, 0.15) is 11.1 Å². The molecule has 0 aliphatic heterocycles. The van der Waals surface area contributed by atoms with Crippen molar-refractivity contribution < 1.29 is 4.42 Å². The zero-order valence-corrected chi connectivity index (χ0v) is 8.87. The Labute approximate surface area is 88.3 Å². The fourth-order valence-electron chi connectivity index (χ4n) is 2.14. The molecule has 1 nitrogen and oxygen atoms in total. The average Bonchev–Trinajstić information content (AvgIpc) is 2.60. The maximum atomic E-state index is 5.49. The molecular formula is C14H12O. The summed E-state index contributed by atoms with van der Waals surface area (Å²) >= 11 is 0. The fourth-order valence-corrected chi connectivity index (χ4v) is 2.14. The molecule has 0 atom stereocenters. The van der Waals surface area contributed by atoms with E-state index in [2.05, 4.69) is 38.1 Å². The van der Waals surface area contributed by atoms with Gasteiger partial charge in [0.05, 0.1) is 6.26 Å². The van der Waals surface area contributed by atoms with Crippen LogP contribution in [0.3, 0.4) is 0 Å². The van der Waals surface area contributed by atoms with Crippen molar-refractivity contribution in [1.29, 1.82) is 0 Å². The smallest absolute Gasteiger partial charge is 0.134 e. The summed E-state index contributed by atoms with van der Waals surface area (Å²) < 4.78 is 5.49. The van der Waals surface area contributed by atoms with E-state index < -0.39 is 0 Å². The zero-order valence-electron chi connectivity index (χ0n) is 8.87. The van der Waals surface area contributed by atoms with Gasteiger partial charge in [0.1, 0.15) is 5.58 Å². The first-order chi connectivity index (χ1) is 7.25. The Hall–Kier alpha value is -1.76. The quantitative estimate of drug-likeness (QED) is 0.525. The van der Waals surface area contributed by atoms with Gasteiger partial charge in [0, 0.05) is 5.39 Å². The van der Waals surface area contributed by atoms with Crippen LogP contribution in [0.15, 0.2) is 41.0 Å². The van der Waals surface area contributed by atoms with Gasteiger partial charge in [-0.2, -0.15) is 0 Å². The van der Waals surface area contributed by atoms with Crippen LogP contribution < -0.4 is 0 Å². The van der Waals surface area contributed by atoms with Crippen molar-refractivity contribution in [3.63, 3.8) is 0 Å². The van der Waals surface area contributed by atoms with Crippen molar-refractivity contribution in [1.82, 2.24) is 0 Å². The summed E-state index contributed by atoms with van der Waals surface area (Å²) in [6.07, 6.45) is 1.82. The third-order valence-corrected chi connectivity index (χ3v) is 2.89. The maximum absolute atomic E-state index is 5.49. The highest BCUT2D eigenvalue weighted by atomic mass is 16.3. The molecule has 0 saturated carbocycles. The first kappa shape index (κ1) is 8.54. The third-order valence-electron chi connectivity index (χ3n) is 2.89. The average molecular weight is 196 g/mol. The minimum Gasteiger partial charge on any atom is -0.464 e. The van der Waals surface area contributed by atoms with Crippen LogP contribution in [0.2, 0.25) is 0 Å². The van der Waals surface area contributed by atoms with Crippen LogP contribution in [0.25, 0.3) is 21.7 Å². The molecule has 0 aliphatic rings. The van der Waals surface area contributed by atoms with E-state index in [1.807, 2.05) is 12.3 Å². The number of fused-ring (bicyclic) bond motifs is 3. The lowest BCUT2D eigenvalue weighted by Crippen LogP contribution is -1.77. The minimum atomic E-state index is 0.976. The lowest BCUT2D eigenvalue weighted by molar-refractivity contribution is 0.613. The van der Waals surface area contributed by atoms with Crippen LogP contribution in [0, 0.1) is 13.8 Å². The second kappa shape index (κ2) is 2.86. The molecule has 0 N–H and O–H groups in total. The first-order valence-corrected chi connectivity index (χ1v) is 5.13. The van der Waals surface area contributed by atoms with Crippen LogP contribution >= 0.6 is 0 Å². The molecule has 0 amide bonds. The maximum Gasteiger partial charge on any atom is 0.134 e. The molecule has 1 heterocycles. The highest BCUT2D eigenvalue weighted by molar-refractivity contribution is 6.07. The standard InChI is InChI=1S/C14H12O/c1-9-3-5-12-11(7-9)4-6-13-14(12)10(2)8-15-13/h3-8H,1-2H3. The molecule has 0 radical (unpaired) electrons. The highest BCUT2D eigenvalue weighted by Gasteiger charge is 2.06. The van der Waals surface area contributed by atoms with Crippen molar-refractivity contribution in [3.8, 4) is 0 Å². The van der Waals surface area contributed by atoms with Gasteiger partial charge in [0.15, 0.2) is 0 Å². The molecule has 2 aromatic carbocycles. The second-order valence-corrected chi connectivity index (χ2v) is 4.08. The summed E-state index contributed by atoms with van der Waals surface area (Å²) in [4.78, 5) is 0. The zero-order chi connectivity index (χ0) is 10.4. The molecule has 0 fully saturated rings. The number of aryl methyl sites for hydroxylation is 2. The lowest BCUT2D eigenvalue weighted by Gasteiger charge is -2.01. The van der Waals surface area contributed by atoms with E-state index in [1.54, 1.807) is 0 Å². The van der Waals surface area contributed by atoms with Crippen molar-refractivity contribution in [2.75, 3.05) is 0 Å². The van der Waals surface area contributed by atoms with Crippen LogP contribution in [0.5, 0.6) is 0 Å².